The number of aromatic nitrogens is 2. The highest BCUT2D eigenvalue weighted by Gasteiger charge is 2.33. The number of aromatic hydroxyl groups is 1. The van der Waals surface area contributed by atoms with Crippen molar-refractivity contribution < 1.29 is 14.6 Å². The Bertz CT molecular complexity index is 1310. The molecule has 1 unspecified atom stereocenters. The standard InChI is InChI=1S/C22H18N4O3/c1-28-15-7-3-13(4-8-15)18-19-16-10-14(27)6-2-12(16)5-9-17(19)29-22-20(18)21(23)26(24)11-25-22/h2-11,18,23,27H,24H2,1H3. The van der Waals surface area contributed by atoms with Gasteiger partial charge in [0.1, 0.15) is 23.6 Å². The molecule has 2 heterocycles. The van der Waals surface area contributed by atoms with Crippen LogP contribution in [0.25, 0.3) is 10.8 Å². The third kappa shape index (κ3) is 2.59. The van der Waals surface area contributed by atoms with Crippen molar-refractivity contribution in [1.29, 1.82) is 5.41 Å². The van der Waals surface area contributed by atoms with Crippen molar-refractivity contribution in [1.82, 2.24) is 9.66 Å². The summed E-state index contributed by atoms with van der Waals surface area (Å²) in [7, 11) is 1.62. The van der Waals surface area contributed by atoms with E-state index in [2.05, 4.69) is 4.98 Å². The van der Waals surface area contributed by atoms with Crippen LogP contribution in [-0.4, -0.2) is 21.9 Å². The van der Waals surface area contributed by atoms with Crippen LogP contribution >= 0.6 is 0 Å². The number of fused-ring (bicyclic) bond motifs is 4. The van der Waals surface area contributed by atoms with Gasteiger partial charge in [-0.3, -0.25) is 5.41 Å². The van der Waals surface area contributed by atoms with Crippen molar-refractivity contribution in [2.45, 2.75) is 5.92 Å². The minimum Gasteiger partial charge on any atom is -0.508 e. The van der Waals surface area contributed by atoms with Crippen LogP contribution in [-0.2, 0) is 0 Å². The van der Waals surface area contributed by atoms with Gasteiger partial charge in [0.15, 0.2) is 5.49 Å². The number of nitrogens with zero attached hydrogens (tertiary/aromatic N) is 2. The molecule has 1 aromatic heterocycles. The number of nitrogens with one attached hydrogen (secondary N) is 1. The highest BCUT2D eigenvalue weighted by molar-refractivity contribution is 5.91. The number of methoxy groups -OCH3 is 1. The summed E-state index contributed by atoms with van der Waals surface area (Å²) >= 11 is 0. The fourth-order valence-electron chi connectivity index (χ4n) is 3.90. The molecule has 4 N–H and O–H groups in total. The molecule has 0 amide bonds. The van der Waals surface area contributed by atoms with Gasteiger partial charge in [-0.15, -0.1) is 0 Å². The van der Waals surface area contributed by atoms with E-state index < -0.39 is 0 Å². The quantitative estimate of drug-likeness (QED) is 0.404. The lowest BCUT2D eigenvalue weighted by molar-refractivity contribution is 0.414. The van der Waals surface area contributed by atoms with E-state index in [1.807, 2.05) is 42.5 Å². The van der Waals surface area contributed by atoms with E-state index in [9.17, 15) is 5.11 Å². The predicted octanol–water partition coefficient (Wildman–Crippen LogP) is 3.23. The van der Waals surface area contributed by atoms with Crippen LogP contribution in [0.2, 0.25) is 0 Å². The number of ether oxygens (including phenoxy) is 2. The molecule has 0 fully saturated rings. The van der Waals surface area contributed by atoms with E-state index >= 15 is 0 Å². The number of nitrogens with two attached hydrogens (primary N) is 1. The van der Waals surface area contributed by atoms with Crippen molar-refractivity contribution in [2.24, 2.45) is 0 Å². The minimum absolute atomic E-state index is 0.110. The molecule has 0 bridgehead atoms. The van der Waals surface area contributed by atoms with E-state index in [1.54, 1.807) is 19.2 Å². The molecule has 7 nitrogen and oxygen atoms in total. The van der Waals surface area contributed by atoms with Crippen molar-refractivity contribution in [3.63, 3.8) is 0 Å². The molecule has 1 atom stereocenters. The molecule has 4 aromatic rings. The number of hydrogen-bond acceptors (Lipinski definition) is 6. The van der Waals surface area contributed by atoms with E-state index in [4.69, 9.17) is 20.7 Å². The average molecular weight is 386 g/mol. The summed E-state index contributed by atoms with van der Waals surface area (Å²) in [5, 5.41) is 20.5. The molecule has 1 aliphatic rings. The Balaban J connectivity index is 1.87. The zero-order valence-corrected chi connectivity index (χ0v) is 15.6. The van der Waals surface area contributed by atoms with Gasteiger partial charge in [0.2, 0.25) is 5.88 Å². The normalized spacial score (nSPS) is 14.7. The third-order valence-corrected chi connectivity index (χ3v) is 5.28. The molecule has 0 saturated heterocycles. The van der Waals surface area contributed by atoms with Gasteiger partial charge in [0, 0.05) is 11.5 Å². The lowest BCUT2D eigenvalue weighted by atomic mass is 9.81. The summed E-state index contributed by atoms with van der Waals surface area (Å²) in [6.07, 6.45) is 1.37. The molecule has 144 valence electrons. The first kappa shape index (κ1) is 17.1. The summed E-state index contributed by atoms with van der Waals surface area (Å²) in [6.45, 7) is 0. The largest absolute Gasteiger partial charge is 0.508 e. The van der Waals surface area contributed by atoms with Crippen LogP contribution in [0.1, 0.15) is 22.6 Å². The van der Waals surface area contributed by atoms with Gasteiger partial charge in [-0.2, -0.15) is 0 Å². The summed E-state index contributed by atoms with van der Waals surface area (Å²) in [5.41, 5.74) is 2.48. The van der Waals surface area contributed by atoms with Gasteiger partial charge < -0.3 is 20.4 Å². The molecule has 0 saturated carbocycles. The van der Waals surface area contributed by atoms with Gasteiger partial charge in [0.25, 0.3) is 0 Å². The van der Waals surface area contributed by atoms with Gasteiger partial charge in [-0.25, -0.2) is 9.66 Å². The van der Waals surface area contributed by atoms with Crippen LogP contribution in [0, 0.1) is 5.41 Å². The maximum Gasteiger partial charge on any atom is 0.228 e. The molecule has 0 spiro atoms. The number of hydrogen-bond donors (Lipinski definition) is 3. The molecule has 29 heavy (non-hydrogen) atoms. The maximum atomic E-state index is 10.1. The van der Waals surface area contributed by atoms with Gasteiger partial charge >= 0.3 is 0 Å². The highest BCUT2D eigenvalue weighted by atomic mass is 16.5. The Morgan fingerprint density at radius 2 is 1.86 bits per heavy atom. The Labute approximate surface area is 166 Å². The first-order valence-corrected chi connectivity index (χ1v) is 9.05. The van der Waals surface area contributed by atoms with E-state index in [0.717, 1.165) is 27.6 Å². The lowest BCUT2D eigenvalue weighted by Gasteiger charge is -2.29. The number of phenols is 1. The van der Waals surface area contributed by atoms with Crippen LogP contribution in [0.5, 0.6) is 23.1 Å². The molecule has 0 aliphatic carbocycles. The Kier molecular flexibility index (Phi) is 3.70. The molecular formula is C22H18N4O3. The van der Waals surface area contributed by atoms with Gasteiger partial charge in [-0.1, -0.05) is 24.3 Å². The fraction of sp³-hybridized carbons (Fsp3) is 0.0909. The topological polar surface area (TPSA) is 106 Å². The van der Waals surface area contributed by atoms with Crippen molar-refractivity contribution in [3.8, 4) is 23.1 Å². The second-order valence-electron chi connectivity index (χ2n) is 6.91. The fourth-order valence-corrected chi connectivity index (χ4v) is 3.90. The average Bonchev–Trinajstić information content (AvgIpc) is 2.75. The van der Waals surface area contributed by atoms with E-state index in [0.29, 0.717) is 17.2 Å². The summed E-state index contributed by atoms with van der Waals surface area (Å²) < 4.78 is 12.5. The van der Waals surface area contributed by atoms with Crippen LogP contribution in [0.15, 0.2) is 60.9 Å². The monoisotopic (exact) mass is 386 g/mol. The first-order chi connectivity index (χ1) is 14.1. The highest BCUT2D eigenvalue weighted by Crippen LogP contribution is 2.48. The SMILES string of the molecule is COc1ccc(C2c3c(ncn(N)c3=N)Oc3ccc4ccc(O)cc4c32)cc1. The Hall–Kier alpha value is -4.00. The van der Waals surface area contributed by atoms with Crippen LogP contribution in [0.3, 0.4) is 0 Å². The van der Waals surface area contributed by atoms with Gasteiger partial charge in [-0.05, 0) is 46.7 Å². The smallest absolute Gasteiger partial charge is 0.228 e. The second-order valence-corrected chi connectivity index (χ2v) is 6.91. The summed E-state index contributed by atoms with van der Waals surface area (Å²) in [4.78, 5) is 4.31. The van der Waals surface area contributed by atoms with Gasteiger partial charge in [0.05, 0.1) is 12.7 Å². The van der Waals surface area contributed by atoms with Crippen molar-refractivity contribution in [2.75, 3.05) is 13.0 Å². The Morgan fingerprint density at radius 1 is 1.10 bits per heavy atom. The van der Waals surface area contributed by atoms with Crippen molar-refractivity contribution in [3.05, 3.63) is 83.1 Å². The third-order valence-electron chi connectivity index (χ3n) is 5.28. The van der Waals surface area contributed by atoms with Crippen LogP contribution in [0.4, 0.5) is 0 Å². The molecule has 1 aliphatic heterocycles. The molecular weight excluding hydrogens is 368 g/mol. The molecule has 5 rings (SSSR count). The number of benzene rings is 3. The second kappa shape index (κ2) is 6.27. The predicted molar refractivity (Wildman–Crippen MR) is 108 cm³/mol. The number of rotatable bonds is 2. The Morgan fingerprint density at radius 3 is 2.62 bits per heavy atom. The van der Waals surface area contributed by atoms with E-state index in [1.165, 1.54) is 11.0 Å². The molecule has 3 aromatic carbocycles. The molecule has 7 heteroatoms. The number of nitrogen functional groups attached to an aromatic ring is 1. The first-order valence-electron chi connectivity index (χ1n) is 9.05. The summed E-state index contributed by atoms with van der Waals surface area (Å²) in [5.74, 6) is 7.48. The maximum absolute atomic E-state index is 10.1. The summed E-state index contributed by atoms with van der Waals surface area (Å²) in [6, 6.07) is 16.7. The minimum atomic E-state index is -0.346. The zero-order valence-electron chi connectivity index (χ0n) is 15.6. The van der Waals surface area contributed by atoms with Crippen LogP contribution < -0.4 is 20.8 Å². The van der Waals surface area contributed by atoms with E-state index in [-0.39, 0.29) is 17.2 Å². The lowest BCUT2D eigenvalue weighted by Crippen LogP contribution is -2.33. The number of phenolic OH excluding ortho intramolecular Hbond substituents is 1. The molecule has 0 radical (unpaired) electrons. The zero-order chi connectivity index (χ0) is 20.1. The van der Waals surface area contributed by atoms with Crippen molar-refractivity contribution >= 4 is 10.8 Å².